The standard InChI is InChI=1S/C18H22N4O4S/c1-23-13-12(11-9(7-19)15(21)27-16(22)10(11)8-20)24-17-14(13)25-18(26-17)5-3-2-4-6-18/h11-14,17H,2-6,21-22H2,1H3/t12-,13-,14+,17+/m1/s1. The van der Waals surface area contributed by atoms with E-state index in [0.29, 0.717) is 0 Å². The van der Waals surface area contributed by atoms with E-state index in [1.807, 2.05) is 0 Å². The Morgan fingerprint density at radius 2 is 1.67 bits per heavy atom. The molecule has 4 N–H and O–H groups in total. The van der Waals surface area contributed by atoms with E-state index in [9.17, 15) is 10.5 Å². The van der Waals surface area contributed by atoms with Gasteiger partial charge in [-0.2, -0.15) is 10.5 Å². The van der Waals surface area contributed by atoms with Gasteiger partial charge >= 0.3 is 0 Å². The molecule has 0 radical (unpaired) electrons. The lowest BCUT2D eigenvalue weighted by Gasteiger charge is -2.36. The van der Waals surface area contributed by atoms with Gasteiger partial charge in [0.05, 0.1) is 39.3 Å². The Bertz CT molecular complexity index is 741. The highest BCUT2D eigenvalue weighted by Crippen LogP contribution is 2.49. The predicted octanol–water partition coefficient (Wildman–Crippen LogP) is 1.55. The summed E-state index contributed by atoms with van der Waals surface area (Å²) in [5.74, 6) is -1.32. The Morgan fingerprint density at radius 3 is 2.22 bits per heavy atom. The van der Waals surface area contributed by atoms with Crippen LogP contribution in [-0.2, 0) is 18.9 Å². The number of hydrogen-bond acceptors (Lipinski definition) is 9. The van der Waals surface area contributed by atoms with Gasteiger partial charge in [0.15, 0.2) is 12.1 Å². The molecule has 0 bridgehead atoms. The molecule has 1 spiro atoms. The number of ether oxygens (including phenoxy) is 4. The zero-order chi connectivity index (χ0) is 19.2. The van der Waals surface area contributed by atoms with Gasteiger partial charge < -0.3 is 30.4 Å². The normalized spacial score (nSPS) is 36.0. The lowest BCUT2D eigenvalue weighted by molar-refractivity contribution is -0.249. The van der Waals surface area contributed by atoms with Crippen molar-refractivity contribution in [1.29, 1.82) is 10.5 Å². The molecule has 3 heterocycles. The lowest BCUT2D eigenvalue weighted by atomic mass is 9.84. The first kappa shape index (κ1) is 18.6. The number of nitriles is 2. The van der Waals surface area contributed by atoms with E-state index in [0.717, 1.165) is 37.4 Å². The van der Waals surface area contributed by atoms with Crippen molar-refractivity contribution < 1.29 is 18.9 Å². The maximum Gasteiger partial charge on any atom is 0.190 e. The highest BCUT2D eigenvalue weighted by atomic mass is 32.2. The molecule has 0 amide bonds. The minimum Gasteiger partial charge on any atom is -0.392 e. The van der Waals surface area contributed by atoms with E-state index in [-0.39, 0.29) is 21.2 Å². The molecule has 144 valence electrons. The maximum atomic E-state index is 9.62. The van der Waals surface area contributed by atoms with E-state index in [1.54, 1.807) is 7.11 Å². The fraction of sp³-hybridized carbons (Fsp3) is 0.667. The topological polar surface area (TPSA) is 137 Å². The van der Waals surface area contributed by atoms with Crippen molar-refractivity contribution in [3.8, 4) is 12.1 Å². The molecule has 0 aromatic rings. The SMILES string of the molecule is CO[C@H]1[C@@H]2OC3(CCCCC3)O[C@@H]2O[C@@H]1C1C(C#N)=C(N)SC(N)=C1C#N. The Balaban J connectivity index is 1.64. The summed E-state index contributed by atoms with van der Waals surface area (Å²) in [5.41, 5.74) is 12.6. The first-order valence-corrected chi connectivity index (χ1v) is 9.86. The predicted molar refractivity (Wildman–Crippen MR) is 96.0 cm³/mol. The van der Waals surface area contributed by atoms with Crippen LogP contribution in [0.4, 0.5) is 0 Å². The number of fused-ring (bicyclic) bond motifs is 1. The second kappa shape index (κ2) is 7.01. The van der Waals surface area contributed by atoms with Crippen molar-refractivity contribution in [2.75, 3.05) is 7.11 Å². The van der Waals surface area contributed by atoms with Crippen molar-refractivity contribution in [3.63, 3.8) is 0 Å². The van der Waals surface area contributed by atoms with Gasteiger partial charge in [0, 0.05) is 20.0 Å². The number of rotatable bonds is 2. The van der Waals surface area contributed by atoms with E-state index < -0.39 is 36.3 Å². The van der Waals surface area contributed by atoms with Crippen LogP contribution in [0.25, 0.3) is 0 Å². The minimum atomic E-state index is -0.702. The molecule has 4 atom stereocenters. The first-order chi connectivity index (χ1) is 13.0. The van der Waals surface area contributed by atoms with Gasteiger partial charge in [-0.1, -0.05) is 18.2 Å². The van der Waals surface area contributed by atoms with Gasteiger partial charge in [0.25, 0.3) is 0 Å². The molecule has 8 nitrogen and oxygen atoms in total. The van der Waals surface area contributed by atoms with Crippen molar-refractivity contribution in [3.05, 3.63) is 21.2 Å². The molecule has 4 aliphatic rings. The van der Waals surface area contributed by atoms with E-state index in [4.69, 9.17) is 30.4 Å². The van der Waals surface area contributed by atoms with Crippen LogP contribution in [0.1, 0.15) is 32.1 Å². The van der Waals surface area contributed by atoms with E-state index in [1.165, 1.54) is 6.42 Å². The molecule has 0 unspecified atom stereocenters. The Labute approximate surface area is 162 Å². The lowest BCUT2D eigenvalue weighted by Crippen LogP contribution is -2.43. The van der Waals surface area contributed by atoms with Crippen LogP contribution in [0.15, 0.2) is 21.2 Å². The molecular weight excluding hydrogens is 368 g/mol. The van der Waals surface area contributed by atoms with E-state index in [2.05, 4.69) is 12.1 Å². The summed E-state index contributed by atoms with van der Waals surface area (Å²) < 4.78 is 24.3. The average Bonchev–Trinajstić information content (AvgIpc) is 3.15. The van der Waals surface area contributed by atoms with Crippen LogP contribution in [0.2, 0.25) is 0 Å². The van der Waals surface area contributed by atoms with Crippen LogP contribution in [0.3, 0.4) is 0 Å². The van der Waals surface area contributed by atoms with Gasteiger partial charge in [-0.3, -0.25) is 0 Å². The zero-order valence-corrected chi connectivity index (χ0v) is 15.8. The summed E-state index contributed by atoms with van der Waals surface area (Å²) in [6.07, 6.45) is 2.77. The summed E-state index contributed by atoms with van der Waals surface area (Å²) in [6.45, 7) is 0. The highest BCUT2D eigenvalue weighted by Gasteiger charge is 2.60. The van der Waals surface area contributed by atoms with Crippen LogP contribution in [-0.4, -0.2) is 37.5 Å². The number of nitrogens with two attached hydrogens (primary N) is 2. The molecule has 9 heteroatoms. The third-order valence-electron chi connectivity index (χ3n) is 5.72. The summed E-state index contributed by atoms with van der Waals surface area (Å²) >= 11 is 1.03. The van der Waals surface area contributed by atoms with Gasteiger partial charge in [-0.25, -0.2) is 0 Å². The van der Waals surface area contributed by atoms with Crippen LogP contribution in [0, 0.1) is 28.6 Å². The molecule has 4 rings (SSSR count). The van der Waals surface area contributed by atoms with Crippen molar-refractivity contribution in [1.82, 2.24) is 0 Å². The molecule has 2 saturated heterocycles. The highest BCUT2D eigenvalue weighted by molar-refractivity contribution is 8.06. The second-order valence-corrected chi connectivity index (χ2v) is 8.28. The van der Waals surface area contributed by atoms with Gasteiger partial charge in [-0.05, 0) is 12.8 Å². The first-order valence-electron chi connectivity index (χ1n) is 9.05. The third-order valence-corrected chi connectivity index (χ3v) is 6.60. The fourth-order valence-electron chi connectivity index (χ4n) is 4.48. The number of methoxy groups -OCH3 is 1. The van der Waals surface area contributed by atoms with Crippen LogP contribution in [0.5, 0.6) is 0 Å². The van der Waals surface area contributed by atoms with Gasteiger partial charge in [-0.15, -0.1) is 0 Å². The molecule has 1 aliphatic carbocycles. The molecule has 0 aromatic carbocycles. The van der Waals surface area contributed by atoms with Gasteiger partial charge in [0.1, 0.15) is 18.3 Å². The van der Waals surface area contributed by atoms with Crippen molar-refractivity contribution in [2.45, 2.75) is 62.5 Å². The fourth-order valence-corrected chi connectivity index (χ4v) is 5.28. The van der Waals surface area contributed by atoms with Crippen LogP contribution >= 0.6 is 11.8 Å². The number of thioether (sulfide) groups is 1. The maximum absolute atomic E-state index is 9.62. The largest absolute Gasteiger partial charge is 0.392 e. The quantitative estimate of drug-likeness (QED) is 0.719. The van der Waals surface area contributed by atoms with Crippen molar-refractivity contribution >= 4 is 11.8 Å². The number of nitrogens with zero attached hydrogens (tertiary/aromatic N) is 2. The zero-order valence-electron chi connectivity index (χ0n) is 15.0. The monoisotopic (exact) mass is 390 g/mol. The second-order valence-electron chi connectivity index (χ2n) is 7.20. The smallest absolute Gasteiger partial charge is 0.190 e. The Kier molecular flexibility index (Phi) is 4.83. The van der Waals surface area contributed by atoms with E-state index >= 15 is 0 Å². The Morgan fingerprint density at radius 1 is 1.04 bits per heavy atom. The summed E-state index contributed by atoms with van der Waals surface area (Å²) in [4.78, 5) is 0. The molecule has 0 aromatic heterocycles. The number of hydrogen-bond donors (Lipinski definition) is 2. The molecule has 1 saturated carbocycles. The van der Waals surface area contributed by atoms with Gasteiger partial charge in [0.2, 0.25) is 0 Å². The van der Waals surface area contributed by atoms with Crippen LogP contribution < -0.4 is 11.5 Å². The minimum absolute atomic E-state index is 0.269. The van der Waals surface area contributed by atoms with Crippen molar-refractivity contribution in [2.24, 2.45) is 17.4 Å². The molecular formula is C18H22N4O4S. The molecule has 3 aliphatic heterocycles. The molecule has 3 fully saturated rings. The summed E-state index contributed by atoms with van der Waals surface area (Å²) in [5, 5.41) is 19.8. The summed E-state index contributed by atoms with van der Waals surface area (Å²) in [7, 11) is 1.56. The Hall–Kier alpha value is -1.75. The molecule has 27 heavy (non-hydrogen) atoms. The third kappa shape index (κ3) is 2.91. The average molecular weight is 390 g/mol. The summed E-state index contributed by atoms with van der Waals surface area (Å²) in [6, 6.07) is 4.22.